The van der Waals surface area contributed by atoms with E-state index in [4.69, 9.17) is 10.5 Å². The van der Waals surface area contributed by atoms with Gasteiger partial charge in [0.05, 0.1) is 19.0 Å². The van der Waals surface area contributed by atoms with Crippen molar-refractivity contribution in [3.63, 3.8) is 0 Å². The summed E-state index contributed by atoms with van der Waals surface area (Å²) in [7, 11) is 1.53. The van der Waals surface area contributed by atoms with Crippen LogP contribution in [0.5, 0.6) is 5.88 Å². The molecule has 2 aromatic rings. The fourth-order valence-corrected chi connectivity index (χ4v) is 1.39. The van der Waals surface area contributed by atoms with Crippen LogP contribution in [-0.4, -0.2) is 27.8 Å². The predicted octanol–water partition coefficient (Wildman–Crippen LogP) is 0.508. The number of rotatable bonds is 4. The first-order chi connectivity index (χ1) is 8.67. The Bertz CT molecular complexity index is 535. The van der Waals surface area contributed by atoms with Crippen molar-refractivity contribution in [2.45, 2.75) is 6.54 Å². The molecule has 0 unspecified atom stereocenters. The van der Waals surface area contributed by atoms with Crippen LogP contribution < -0.4 is 15.8 Å². The van der Waals surface area contributed by atoms with Crippen LogP contribution in [0.2, 0.25) is 0 Å². The zero-order valence-corrected chi connectivity index (χ0v) is 9.83. The normalized spacial score (nSPS) is 10.1. The smallest absolute Gasteiger partial charge is 0.246 e. The highest BCUT2D eigenvalue weighted by Gasteiger charge is 2.05. The van der Waals surface area contributed by atoms with Crippen LogP contribution in [0.4, 0.5) is 11.5 Å². The molecule has 1 amide bonds. The van der Waals surface area contributed by atoms with Crippen molar-refractivity contribution in [2.75, 3.05) is 18.2 Å². The maximum absolute atomic E-state index is 11.7. The fourth-order valence-electron chi connectivity index (χ4n) is 1.39. The summed E-state index contributed by atoms with van der Waals surface area (Å²) in [5.74, 6) is 0.673. The molecule has 0 atom stereocenters. The highest BCUT2D eigenvalue weighted by molar-refractivity contribution is 5.90. The Labute approximate surface area is 104 Å². The highest BCUT2D eigenvalue weighted by Crippen LogP contribution is 2.10. The number of methoxy groups -OCH3 is 1. The Kier molecular flexibility index (Phi) is 3.42. The van der Waals surface area contributed by atoms with Crippen LogP contribution in [0.1, 0.15) is 0 Å². The lowest BCUT2D eigenvalue weighted by atomic mass is 10.4. The molecule has 7 nitrogen and oxygen atoms in total. The molecule has 2 heterocycles. The van der Waals surface area contributed by atoms with Gasteiger partial charge in [0.1, 0.15) is 12.4 Å². The number of ether oxygens (including phenoxy) is 1. The Balaban J connectivity index is 1.94. The van der Waals surface area contributed by atoms with E-state index >= 15 is 0 Å². The minimum absolute atomic E-state index is 0.100. The zero-order valence-electron chi connectivity index (χ0n) is 9.83. The molecule has 0 fully saturated rings. The van der Waals surface area contributed by atoms with Gasteiger partial charge in [0.25, 0.3) is 0 Å². The molecule has 0 bridgehead atoms. The maximum Gasteiger partial charge on any atom is 0.246 e. The number of pyridine rings is 1. The van der Waals surface area contributed by atoms with Gasteiger partial charge in [0.2, 0.25) is 11.8 Å². The number of anilines is 2. The molecule has 3 N–H and O–H groups in total. The minimum Gasteiger partial charge on any atom is -0.481 e. The number of amides is 1. The Morgan fingerprint density at radius 1 is 1.50 bits per heavy atom. The second kappa shape index (κ2) is 5.17. The van der Waals surface area contributed by atoms with Crippen LogP contribution in [0.25, 0.3) is 0 Å². The third kappa shape index (κ3) is 2.97. The molecule has 0 saturated heterocycles. The molecule has 0 aliphatic heterocycles. The summed E-state index contributed by atoms with van der Waals surface area (Å²) in [6.45, 7) is 0.100. The lowest BCUT2D eigenvalue weighted by Gasteiger charge is -2.05. The fraction of sp³-hybridized carbons (Fsp3) is 0.182. The van der Waals surface area contributed by atoms with Gasteiger partial charge >= 0.3 is 0 Å². The Morgan fingerprint density at radius 2 is 2.33 bits per heavy atom. The lowest BCUT2D eigenvalue weighted by Crippen LogP contribution is -2.19. The topological polar surface area (TPSA) is 95.1 Å². The molecule has 94 valence electrons. The number of nitrogens with one attached hydrogen (secondary N) is 1. The average molecular weight is 247 g/mol. The molecule has 0 radical (unpaired) electrons. The number of aromatic nitrogens is 3. The van der Waals surface area contributed by atoms with Crippen molar-refractivity contribution in [1.82, 2.24) is 14.8 Å². The molecule has 18 heavy (non-hydrogen) atoms. The molecule has 0 aliphatic rings. The Hall–Kier alpha value is -2.57. The number of carbonyl (C=O) groups excluding carboxylic acids is 1. The number of hydrogen-bond donors (Lipinski definition) is 2. The molecule has 0 aliphatic carbocycles. The standard InChI is InChI=1S/C11H13N5O2/c1-18-11-3-2-8(6-13-11)14-10(17)7-16-5-4-9(12)15-16/h2-6H,7H2,1H3,(H2,12,15)(H,14,17). The van der Waals surface area contributed by atoms with Gasteiger partial charge in [0, 0.05) is 12.3 Å². The quantitative estimate of drug-likeness (QED) is 0.820. The third-order valence-corrected chi connectivity index (χ3v) is 2.20. The van der Waals surface area contributed by atoms with Gasteiger partial charge in [-0.1, -0.05) is 0 Å². The minimum atomic E-state index is -0.204. The van der Waals surface area contributed by atoms with E-state index < -0.39 is 0 Å². The predicted molar refractivity (Wildman–Crippen MR) is 66.1 cm³/mol. The number of nitrogens with two attached hydrogens (primary N) is 1. The van der Waals surface area contributed by atoms with E-state index in [1.807, 2.05) is 0 Å². The summed E-state index contributed by atoms with van der Waals surface area (Å²) in [5, 5.41) is 6.61. The lowest BCUT2D eigenvalue weighted by molar-refractivity contribution is -0.116. The van der Waals surface area contributed by atoms with Crippen LogP contribution in [0, 0.1) is 0 Å². The SMILES string of the molecule is COc1ccc(NC(=O)Cn2ccc(N)n2)cn1. The largest absolute Gasteiger partial charge is 0.481 e. The summed E-state index contributed by atoms with van der Waals surface area (Å²) in [4.78, 5) is 15.7. The highest BCUT2D eigenvalue weighted by atomic mass is 16.5. The number of hydrogen-bond acceptors (Lipinski definition) is 5. The maximum atomic E-state index is 11.7. The summed E-state index contributed by atoms with van der Waals surface area (Å²) >= 11 is 0. The molecular weight excluding hydrogens is 234 g/mol. The number of carbonyl (C=O) groups is 1. The summed E-state index contributed by atoms with van der Waals surface area (Å²) < 4.78 is 6.38. The van der Waals surface area contributed by atoms with E-state index in [1.165, 1.54) is 18.0 Å². The van der Waals surface area contributed by atoms with Gasteiger partial charge < -0.3 is 15.8 Å². The van der Waals surface area contributed by atoms with Crippen molar-refractivity contribution >= 4 is 17.4 Å². The zero-order chi connectivity index (χ0) is 13.0. The van der Waals surface area contributed by atoms with Gasteiger partial charge in [-0.3, -0.25) is 9.48 Å². The first-order valence-electron chi connectivity index (χ1n) is 5.26. The average Bonchev–Trinajstić information content (AvgIpc) is 2.75. The van der Waals surface area contributed by atoms with Crippen molar-refractivity contribution in [1.29, 1.82) is 0 Å². The third-order valence-electron chi connectivity index (χ3n) is 2.20. The molecule has 2 aromatic heterocycles. The van der Waals surface area contributed by atoms with Crippen LogP contribution in [-0.2, 0) is 11.3 Å². The van der Waals surface area contributed by atoms with Gasteiger partial charge in [-0.15, -0.1) is 0 Å². The second-order valence-electron chi connectivity index (χ2n) is 3.58. The van der Waals surface area contributed by atoms with E-state index in [9.17, 15) is 4.79 Å². The van der Waals surface area contributed by atoms with Crippen molar-refractivity contribution in [3.05, 3.63) is 30.6 Å². The number of nitrogen functional groups attached to an aromatic ring is 1. The van der Waals surface area contributed by atoms with Crippen molar-refractivity contribution < 1.29 is 9.53 Å². The summed E-state index contributed by atoms with van der Waals surface area (Å²) in [5.41, 5.74) is 6.05. The molecule has 7 heteroatoms. The molecule has 0 saturated carbocycles. The van der Waals surface area contributed by atoms with E-state index in [0.29, 0.717) is 17.4 Å². The second-order valence-corrected chi connectivity index (χ2v) is 3.58. The van der Waals surface area contributed by atoms with Gasteiger partial charge in [0.15, 0.2) is 0 Å². The van der Waals surface area contributed by atoms with Gasteiger partial charge in [-0.25, -0.2) is 4.98 Å². The van der Waals surface area contributed by atoms with E-state index in [-0.39, 0.29) is 12.5 Å². The van der Waals surface area contributed by atoms with E-state index in [2.05, 4.69) is 15.4 Å². The molecule has 0 spiro atoms. The number of nitrogens with zero attached hydrogens (tertiary/aromatic N) is 3. The molecule has 0 aromatic carbocycles. The summed E-state index contributed by atoms with van der Waals surface area (Å²) in [6, 6.07) is 5.00. The van der Waals surface area contributed by atoms with Crippen LogP contribution in [0.3, 0.4) is 0 Å². The van der Waals surface area contributed by atoms with Crippen LogP contribution >= 0.6 is 0 Å². The van der Waals surface area contributed by atoms with Gasteiger partial charge in [-0.05, 0) is 12.1 Å². The first kappa shape index (κ1) is 11.9. The van der Waals surface area contributed by atoms with E-state index in [1.54, 1.807) is 24.4 Å². The monoisotopic (exact) mass is 247 g/mol. The Morgan fingerprint density at radius 3 is 2.89 bits per heavy atom. The van der Waals surface area contributed by atoms with E-state index in [0.717, 1.165) is 0 Å². The van der Waals surface area contributed by atoms with Crippen molar-refractivity contribution in [3.8, 4) is 5.88 Å². The van der Waals surface area contributed by atoms with Gasteiger partial charge in [-0.2, -0.15) is 5.10 Å². The first-order valence-corrected chi connectivity index (χ1v) is 5.26. The van der Waals surface area contributed by atoms with Crippen molar-refractivity contribution in [2.24, 2.45) is 0 Å². The summed E-state index contributed by atoms with van der Waals surface area (Å²) in [6.07, 6.45) is 3.16. The molecular formula is C11H13N5O2. The molecule has 2 rings (SSSR count). The van der Waals surface area contributed by atoms with Crippen LogP contribution in [0.15, 0.2) is 30.6 Å².